The van der Waals surface area contributed by atoms with Crippen LogP contribution in [0.4, 0.5) is 37.7 Å². The van der Waals surface area contributed by atoms with Gasteiger partial charge in [0.25, 0.3) is 0 Å². The molecule has 13 heteroatoms. The minimum Gasteiger partial charge on any atom is -0.497 e. The Morgan fingerprint density at radius 1 is 0.515 bits per heavy atom. The molecular formula is C55H55BF6N2O4. The number of fused-ring (bicyclic) bond motifs is 2. The number of allylic oxidation sites excluding steroid dienone is 4. The van der Waals surface area contributed by atoms with E-state index in [4.69, 9.17) is 18.9 Å². The number of ether oxygens (including phenoxy) is 4. The number of hydrogen-bond donors (Lipinski definition) is 0. The van der Waals surface area contributed by atoms with E-state index in [1.807, 2.05) is 118 Å². The number of likely N-dealkylation sites (N-methyl/N-ethyl adjacent to an activating group) is 1. The van der Waals surface area contributed by atoms with Crippen molar-refractivity contribution >= 4 is 45.1 Å². The third-order valence-corrected chi connectivity index (χ3v) is 13.7. The number of anilines is 1. The summed E-state index contributed by atoms with van der Waals surface area (Å²) in [5, 5.41) is 0. The Labute approximate surface area is 394 Å². The molecule has 0 saturated heterocycles. The van der Waals surface area contributed by atoms with Gasteiger partial charge < -0.3 is 23.8 Å². The first-order valence-corrected chi connectivity index (χ1v) is 22.0. The fraction of sp³-hybridized carbons (Fsp3) is 0.255. The molecule has 6 aromatic carbocycles. The molecule has 6 aromatic rings. The van der Waals surface area contributed by atoms with Gasteiger partial charge in [0.2, 0.25) is 5.69 Å². The van der Waals surface area contributed by atoms with E-state index in [0.717, 1.165) is 46.5 Å². The first-order valence-electron chi connectivity index (χ1n) is 22.0. The fourth-order valence-corrected chi connectivity index (χ4v) is 9.98. The van der Waals surface area contributed by atoms with Gasteiger partial charge in [0.15, 0.2) is 5.71 Å². The molecule has 0 atom stereocenters. The molecule has 0 unspecified atom stereocenters. The van der Waals surface area contributed by atoms with Crippen LogP contribution in [-0.2, 0) is 23.2 Å². The Morgan fingerprint density at radius 2 is 0.882 bits per heavy atom. The lowest BCUT2D eigenvalue weighted by Crippen LogP contribution is -2.74. The molecule has 2 aliphatic heterocycles. The van der Waals surface area contributed by atoms with Crippen LogP contribution in [0.2, 0.25) is 0 Å². The quantitative estimate of drug-likeness (QED) is 0.0778. The van der Waals surface area contributed by atoms with E-state index >= 15 is 0 Å². The molecule has 2 heterocycles. The number of benzene rings is 6. The second-order valence-electron chi connectivity index (χ2n) is 18.1. The predicted molar refractivity (Wildman–Crippen MR) is 262 cm³/mol. The molecule has 8 rings (SSSR count). The molecule has 354 valence electrons. The van der Waals surface area contributed by atoms with Gasteiger partial charge in [-0.05, 0) is 104 Å². The van der Waals surface area contributed by atoms with E-state index in [2.05, 4.69) is 48.5 Å². The summed E-state index contributed by atoms with van der Waals surface area (Å²) in [5.74, 6) is 3.29. The van der Waals surface area contributed by atoms with Gasteiger partial charge in [-0.3, -0.25) is 0 Å². The van der Waals surface area contributed by atoms with Crippen molar-refractivity contribution in [3.05, 3.63) is 180 Å². The summed E-state index contributed by atoms with van der Waals surface area (Å²) in [7, 11) is 10.4. The van der Waals surface area contributed by atoms with Gasteiger partial charge in [-0.1, -0.05) is 68.5 Å². The molecule has 2 aliphatic rings. The summed E-state index contributed by atoms with van der Waals surface area (Å²) in [6, 6.07) is 40.9. The highest BCUT2D eigenvalue weighted by Crippen LogP contribution is 2.49. The van der Waals surface area contributed by atoms with Crippen molar-refractivity contribution < 1.29 is 49.9 Å². The standard InChI is InChI=1S/C28H28BO4.C27H27F6N2/c1-30-25-13-5-21(6-14-25)29(22-7-15-26(31-2)16-8-22,23-9-17-27(32-3)18-10-23)24-11-19-28(33-4)20-12-24;1-24(2)18-14-16(26(28,29)30)10-12-20(18)34(5)22(24)8-7-9-23-25(3,4)19-15-17(27(31,32)33)11-13-21(19)35(23)6/h5-20H,1-4H3;7-15H,1-6H3/q-1;+1. The summed E-state index contributed by atoms with van der Waals surface area (Å²) in [6.07, 6.45) is -4.85. The number of alkyl halides is 6. The number of rotatable bonds is 10. The summed E-state index contributed by atoms with van der Waals surface area (Å²) in [5.41, 5.74) is 6.25. The molecule has 6 nitrogen and oxygen atoms in total. The molecule has 0 amide bonds. The lowest BCUT2D eigenvalue weighted by molar-refractivity contribution is -0.401. The predicted octanol–water partition coefficient (Wildman–Crippen LogP) is 10.7. The second-order valence-corrected chi connectivity index (χ2v) is 18.1. The van der Waals surface area contributed by atoms with Crippen molar-refractivity contribution in [2.45, 2.75) is 50.9 Å². The monoisotopic (exact) mass is 932 g/mol. The van der Waals surface area contributed by atoms with Crippen molar-refractivity contribution in [3.63, 3.8) is 0 Å². The zero-order valence-corrected chi connectivity index (χ0v) is 39.8. The van der Waals surface area contributed by atoms with E-state index in [1.54, 1.807) is 28.4 Å². The van der Waals surface area contributed by atoms with Crippen LogP contribution in [0.3, 0.4) is 0 Å². The molecule has 0 bridgehead atoms. The zero-order chi connectivity index (χ0) is 49.4. The maximum absolute atomic E-state index is 13.3. The van der Waals surface area contributed by atoms with Gasteiger partial charge in [-0.15, -0.1) is 0 Å². The largest absolute Gasteiger partial charge is 0.497 e. The van der Waals surface area contributed by atoms with Crippen LogP contribution in [-0.4, -0.2) is 59.0 Å². The Kier molecular flexibility index (Phi) is 13.5. The second kappa shape index (κ2) is 18.7. The minimum atomic E-state index is -4.42. The van der Waals surface area contributed by atoms with Gasteiger partial charge >= 0.3 is 12.4 Å². The van der Waals surface area contributed by atoms with Gasteiger partial charge in [-0.2, -0.15) is 52.8 Å². The van der Waals surface area contributed by atoms with Crippen molar-refractivity contribution in [2.75, 3.05) is 47.4 Å². The Bertz CT molecular complexity index is 2670. The van der Waals surface area contributed by atoms with E-state index in [0.29, 0.717) is 22.5 Å². The van der Waals surface area contributed by atoms with Crippen molar-refractivity contribution in [1.29, 1.82) is 0 Å². The maximum Gasteiger partial charge on any atom is 0.416 e. The van der Waals surface area contributed by atoms with Gasteiger partial charge in [0.1, 0.15) is 36.2 Å². The molecule has 0 saturated carbocycles. The molecule has 0 N–H and O–H groups in total. The Hall–Kier alpha value is -6.89. The smallest absolute Gasteiger partial charge is 0.416 e. The number of hydrogen-bond acceptors (Lipinski definition) is 5. The molecule has 0 spiro atoms. The Morgan fingerprint density at radius 3 is 1.25 bits per heavy atom. The lowest BCUT2D eigenvalue weighted by Gasteiger charge is -2.44. The molecule has 0 aliphatic carbocycles. The van der Waals surface area contributed by atoms with Crippen LogP contribution in [0.1, 0.15) is 49.9 Å². The fourth-order valence-electron chi connectivity index (χ4n) is 9.98. The highest BCUT2D eigenvalue weighted by Gasteiger charge is 2.45. The van der Waals surface area contributed by atoms with Crippen LogP contribution in [0.15, 0.2) is 157 Å². The first kappa shape index (κ1) is 49.0. The van der Waals surface area contributed by atoms with E-state index in [9.17, 15) is 26.3 Å². The molecular weight excluding hydrogens is 877 g/mol. The first-order chi connectivity index (χ1) is 32.1. The number of halogens is 6. The SMILES string of the molecule is CN1/C(=C/C=C/C2=[N+](C)c3ccc(C(F)(F)F)cc3C2(C)C)C(C)(C)c2cc(C(F)(F)F)ccc21.COc1ccc([B-](c2ccc(OC)cc2)(c2ccc(OC)cc2)c2ccc(OC)cc2)cc1. The van der Waals surface area contributed by atoms with E-state index < -0.39 is 40.5 Å². The normalized spacial score (nSPS) is 15.8. The third kappa shape index (κ3) is 8.98. The molecule has 0 fully saturated rings. The topological polar surface area (TPSA) is 43.2 Å². The van der Waals surface area contributed by atoms with Crippen LogP contribution >= 0.6 is 0 Å². The van der Waals surface area contributed by atoms with Crippen LogP contribution in [0, 0.1) is 0 Å². The highest BCUT2D eigenvalue weighted by molar-refractivity contribution is 7.19. The highest BCUT2D eigenvalue weighted by atomic mass is 19.4. The van der Waals surface area contributed by atoms with E-state index in [-0.39, 0.29) is 0 Å². The van der Waals surface area contributed by atoms with Crippen molar-refractivity contribution in [2.24, 2.45) is 0 Å². The molecule has 0 aromatic heterocycles. The average Bonchev–Trinajstić information content (AvgIpc) is 3.64. The number of methoxy groups -OCH3 is 4. The number of nitrogens with zero attached hydrogens (tertiary/aromatic N) is 2. The average molecular weight is 933 g/mol. The summed E-state index contributed by atoms with van der Waals surface area (Å²) < 4.78 is 103. The van der Waals surface area contributed by atoms with Crippen molar-refractivity contribution in [1.82, 2.24) is 0 Å². The van der Waals surface area contributed by atoms with Crippen LogP contribution in [0.25, 0.3) is 0 Å². The summed E-state index contributed by atoms with van der Waals surface area (Å²) in [4.78, 5) is 1.87. The van der Waals surface area contributed by atoms with Crippen LogP contribution < -0.4 is 45.7 Å². The van der Waals surface area contributed by atoms with Gasteiger partial charge in [-0.25, -0.2) is 0 Å². The zero-order valence-electron chi connectivity index (χ0n) is 39.8. The summed E-state index contributed by atoms with van der Waals surface area (Å²) in [6.45, 7) is 7.51. The van der Waals surface area contributed by atoms with Gasteiger partial charge in [0.05, 0.1) is 45.0 Å². The maximum atomic E-state index is 13.3. The van der Waals surface area contributed by atoms with Crippen molar-refractivity contribution in [3.8, 4) is 23.0 Å². The third-order valence-electron chi connectivity index (χ3n) is 13.7. The lowest BCUT2D eigenvalue weighted by atomic mass is 9.13. The van der Waals surface area contributed by atoms with E-state index in [1.165, 1.54) is 46.1 Å². The Balaban J connectivity index is 0.000000202. The van der Waals surface area contributed by atoms with Crippen LogP contribution in [0.5, 0.6) is 23.0 Å². The molecule has 0 radical (unpaired) electrons. The molecule has 68 heavy (non-hydrogen) atoms. The van der Waals surface area contributed by atoms with Gasteiger partial charge in [0, 0.05) is 41.6 Å². The summed E-state index contributed by atoms with van der Waals surface area (Å²) >= 11 is 0. The minimum absolute atomic E-state index is 0.590.